The minimum atomic E-state index is -1.07. The third-order valence-corrected chi connectivity index (χ3v) is 4.13. The van der Waals surface area contributed by atoms with Crippen LogP contribution in [0.3, 0.4) is 0 Å². The molecule has 2 rings (SSSR count). The molecule has 1 aliphatic rings. The van der Waals surface area contributed by atoms with Gasteiger partial charge in [-0.25, -0.2) is 9.78 Å². The van der Waals surface area contributed by atoms with Crippen molar-refractivity contribution < 1.29 is 14.7 Å². The van der Waals surface area contributed by atoms with Gasteiger partial charge in [0.15, 0.2) is 0 Å². The maximum Gasteiger partial charge on any atom is 0.326 e. The molecule has 7 nitrogen and oxygen atoms in total. The summed E-state index contributed by atoms with van der Waals surface area (Å²) in [5, 5.41) is 11.8. The topological polar surface area (TPSA) is 121 Å². The number of carboxylic acid groups (broad SMARTS) is 1. The first-order valence-electron chi connectivity index (χ1n) is 6.70. The van der Waals surface area contributed by atoms with Crippen LogP contribution in [0, 0.1) is 5.41 Å². The summed E-state index contributed by atoms with van der Waals surface area (Å²) in [6, 6.07) is -1.20. The Morgan fingerprint density at radius 2 is 2.45 bits per heavy atom. The van der Waals surface area contributed by atoms with Gasteiger partial charge >= 0.3 is 5.97 Å². The van der Waals surface area contributed by atoms with Crippen LogP contribution in [0.15, 0.2) is 12.5 Å². The van der Waals surface area contributed by atoms with Crippen LogP contribution in [0.1, 0.15) is 31.9 Å². The molecular formula is C13H20N4O3. The molecule has 3 atom stereocenters. The molecule has 2 unspecified atom stereocenters. The second kappa shape index (κ2) is 5.62. The van der Waals surface area contributed by atoms with Crippen LogP contribution in [-0.4, -0.2) is 39.0 Å². The van der Waals surface area contributed by atoms with Crippen LogP contribution in [0.25, 0.3) is 0 Å². The lowest BCUT2D eigenvalue weighted by atomic mass is 9.84. The van der Waals surface area contributed by atoms with Crippen molar-refractivity contribution >= 4 is 11.9 Å². The number of aliphatic carboxylic acids is 1. The molecule has 0 bridgehead atoms. The normalized spacial score (nSPS) is 27.2. The van der Waals surface area contributed by atoms with Crippen molar-refractivity contribution in [1.82, 2.24) is 15.3 Å². The van der Waals surface area contributed by atoms with Crippen molar-refractivity contribution in [1.29, 1.82) is 0 Å². The van der Waals surface area contributed by atoms with E-state index in [1.54, 1.807) is 13.1 Å². The number of aromatic amines is 1. The molecule has 1 amide bonds. The van der Waals surface area contributed by atoms with Gasteiger partial charge in [-0.3, -0.25) is 4.79 Å². The van der Waals surface area contributed by atoms with Crippen LogP contribution in [-0.2, 0) is 16.0 Å². The predicted molar refractivity (Wildman–Crippen MR) is 71.8 cm³/mol. The summed E-state index contributed by atoms with van der Waals surface area (Å²) in [4.78, 5) is 30.3. The average molecular weight is 280 g/mol. The lowest BCUT2D eigenvalue weighted by Gasteiger charge is -2.29. The summed E-state index contributed by atoms with van der Waals surface area (Å²) in [7, 11) is 0. The minimum absolute atomic E-state index is 0.173. The zero-order chi connectivity index (χ0) is 14.8. The van der Waals surface area contributed by atoms with Gasteiger partial charge in [0, 0.05) is 24.4 Å². The van der Waals surface area contributed by atoms with Gasteiger partial charge in [-0.1, -0.05) is 6.42 Å². The number of imidazole rings is 1. The molecule has 110 valence electrons. The number of carboxylic acids is 1. The molecule has 0 aromatic carbocycles. The lowest BCUT2D eigenvalue weighted by Crippen LogP contribution is -2.52. The molecule has 1 aromatic rings. The minimum Gasteiger partial charge on any atom is -0.480 e. The smallest absolute Gasteiger partial charge is 0.326 e. The Morgan fingerprint density at radius 3 is 2.95 bits per heavy atom. The highest BCUT2D eigenvalue weighted by molar-refractivity contribution is 5.88. The molecule has 0 radical (unpaired) electrons. The summed E-state index contributed by atoms with van der Waals surface area (Å²) in [6.07, 6.45) is 5.57. The van der Waals surface area contributed by atoms with E-state index in [-0.39, 0.29) is 18.4 Å². The zero-order valence-electron chi connectivity index (χ0n) is 11.4. The SMILES string of the molecule is CC1(C(=O)N[C@@H](Cc2cnc[nH]2)C(=O)O)CCCC1N. The van der Waals surface area contributed by atoms with E-state index in [9.17, 15) is 14.7 Å². The fourth-order valence-corrected chi connectivity index (χ4v) is 2.61. The molecule has 1 aromatic heterocycles. The number of nitrogens with zero attached hydrogens (tertiary/aromatic N) is 1. The summed E-state index contributed by atoms with van der Waals surface area (Å²) < 4.78 is 0. The number of carbonyl (C=O) groups is 2. The molecular weight excluding hydrogens is 260 g/mol. The summed E-state index contributed by atoms with van der Waals surface area (Å²) in [6.45, 7) is 1.80. The highest BCUT2D eigenvalue weighted by Gasteiger charge is 2.44. The summed E-state index contributed by atoms with van der Waals surface area (Å²) in [5.41, 5.74) is 5.96. The van der Waals surface area contributed by atoms with Gasteiger partial charge in [0.2, 0.25) is 5.91 Å². The first kappa shape index (κ1) is 14.5. The number of nitrogens with one attached hydrogen (secondary N) is 2. The average Bonchev–Trinajstić information content (AvgIpc) is 3.00. The third kappa shape index (κ3) is 2.82. The molecule has 1 fully saturated rings. The Balaban J connectivity index is 2.04. The van der Waals surface area contributed by atoms with Crippen molar-refractivity contribution in [3.8, 4) is 0 Å². The molecule has 0 spiro atoms. The highest BCUT2D eigenvalue weighted by atomic mass is 16.4. The lowest BCUT2D eigenvalue weighted by molar-refractivity contribution is -0.143. The molecule has 7 heteroatoms. The second-order valence-corrected chi connectivity index (χ2v) is 5.56. The van der Waals surface area contributed by atoms with Gasteiger partial charge in [-0.15, -0.1) is 0 Å². The fraction of sp³-hybridized carbons (Fsp3) is 0.615. The van der Waals surface area contributed by atoms with E-state index in [0.717, 1.165) is 12.8 Å². The molecule has 5 N–H and O–H groups in total. The van der Waals surface area contributed by atoms with Crippen molar-refractivity contribution in [3.05, 3.63) is 18.2 Å². The van der Waals surface area contributed by atoms with E-state index in [2.05, 4.69) is 15.3 Å². The quantitative estimate of drug-likeness (QED) is 0.606. The Morgan fingerprint density at radius 1 is 1.70 bits per heavy atom. The Kier molecular flexibility index (Phi) is 4.08. The summed E-state index contributed by atoms with van der Waals surface area (Å²) >= 11 is 0. The number of amides is 1. The van der Waals surface area contributed by atoms with Crippen LogP contribution in [0.4, 0.5) is 0 Å². The number of hydrogen-bond acceptors (Lipinski definition) is 4. The van der Waals surface area contributed by atoms with Gasteiger partial charge in [0.05, 0.1) is 11.7 Å². The number of rotatable bonds is 5. The number of nitrogens with two attached hydrogens (primary N) is 1. The van der Waals surface area contributed by atoms with Gasteiger partial charge < -0.3 is 21.1 Å². The van der Waals surface area contributed by atoms with Crippen LogP contribution < -0.4 is 11.1 Å². The van der Waals surface area contributed by atoms with Gasteiger partial charge in [-0.05, 0) is 19.8 Å². The van der Waals surface area contributed by atoms with Gasteiger partial charge in [0.25, 0.3) is 0 Å². The van der Waals surface area contributed by atoms with E-state index in [1.165, 1.54) is 6.33 Å². The van der Waals surface area contributed by atoms with Crippen LogP contribution >= 0.6 is 0 Å². The van der Waals surface area contributed by atoms with E-state index in [1.807, 2.05) is 0 Å². The Hall–Kier alpha value is -1.89. The monoisotopic (exact) mass is 280 g/mol. The van der Waals surface area contributed by atoms with E-state index in [0.29, 0.717) is 12.1 Å². The maximum absolute atomic E-state index is 12.3. The number of hydrogen-bond donors (Lipinski definition) is 4. The van der Waals surface area contributed by atoms with E-state index < -0.39 is 17.4 Å². The van der Waals surface area contributed by atoms with Crippen molar-refractivity contribution in [2.24, 2.45) is 11.1 Å². The first-order chi connectivity index (χ1) is 9.43. The van der Waals surface area contributed by atoms with Crippen LogP contribution in [0.2, 0.25) is 0 Å². The van der Waals surface area contributed by atoms with Crippen LogP contribution in [0.5, 0.6) is 0 Å². The third-order valence-electron chi connectivity index (χ3n) is 4.13. The van der Waals surface area contributed by atoms with Crippen molar-refractivity contribution in [3.63, 3.8) is 0 Å². The fourth-order valence-electron chi connectivity index (χ4n) is 2.61. The molecule has 0 aliphatic heterocycles. The van der Waals surface area contributed by atoms with Gasteiger partial charge in [0.1, 0.15) is 6.04 Å². The zero-order valence-corrected chi connectivity index (χ0v) is 11.4. The highest BCUT2D eigenvalue weighted by Crippen LogP contribution is 2.36. The molecule has 1 heterocycles. The standard InChI is InChI=1S/C13H20N4O3/c1-13(4-2-3-10(13)14)12(20)17-9(11(18)19)5-8-6-15-7-16-8/h6-7,9-10H,2-5,14H2,1H3,(H,15,16)(H,17,20)(H,18,19)/t9-,10?,13?/m0/s1. The van der Waals surface area contributed by atoms with Gasteiger partial charge in [-0.2, -0.15) is 0 Å². The number of carbonyl (C=O) groups excluding carboxylic acids is 1. The predicted octanol–water partition coefficient (Wildman–Crippen LogP) is 0.0391. The van der Waals surface area contributed by atoms with Crippen molar-refractivity contribution in [2.75, 3.05) is 0 Å². The van der Waals surface area contributed by atoms with E-state index >= 15 is 0 Å². The molecule has 1 saturated carbocycles. The molecule has 0 saturated heterocycles. The molecule has 1 aliphatic carbocycles. The Labute approximate surface area is 117 Å². The number of H-pyrrole nitrogens is 1. The van der Waals surface area contributed by atoms with E-state index in [4.69, 9.17) is 5.73 Å². The second-order valence-electron chi connectivity index (χ2n) is 5.56. The van der Waals surface area contributed by atoms with Crippen molar-refractivity contribution in [2.45, 2.75) is 44.7 Å². The molecule has 20 heavy (non-hydrogen) atoms. The largest absolute Gasteiger partial charge is 0.480 e. The maximum atomic E-state index is 12.3. The first-order valence-corrected chi connectivity index (χ1v) is 6.70. The number of aromatic nitrogens is 2. The summed E-state index contributed by atoms with van der Waals surface area (Å²) in [5.74, 6) is -1.35. The Bertz CT molecular complexity index is 488.